The molecular formula is C21H29N9O. The molecule has 31 heavy (non-hydrogen) atoms. The third-order valence-corrected chi connectivity index (χ3v) is 6.01. The van der Waals surface area contributed by atoms with Gasteiger partial charge in [0.15, 0.2) is 5.82 Å². The highest BCUT2D eigenvalue weighted by atomic mass is 16.5. The number of nitrogens with zero attached hydrogens (tertiary/aromatic N) is 7. The molecule has 0 radical (unpaired) electrons. The lowest BCUT2D eigenvalue weighted by Gasteiger charge is -2.32. The molecule has 0 bridgehead atoms. The first-order chi connectivity index (χ1) is 15.1. The number of likely N-dealkylation sites (N-methyl/N-ethyl adjacent to an activating group) is 1. The Bertz CT molecular complexity index is 923. The maximum atomic E-state index is 6.59. The maximum absolute atomic E-state index is 6.59. The minimum Gasteiger partial charge on any atom is -0.378 e. The van der Waals surface area contributed by atoms with Crippen LogP contribution in [0.4, 0.5) is 17.5 Å². The molecule has 0 saturated carbocycles. The van der Waals surface area contributed by atoms with E-state index in [1.165, 1.54) is 5.69 Å². The van der Waals surface area contributed by atoms with Gasteiger partial charge in [0.25, 0.3) is 0 Å². The number of hydrazine groups is 1. The topological polar surface area (TPSA) is 98.4 Å². The molecule has 1 atom stereocenters. The van der Waals surface area contributed by atoms with Gasteiger partial charge in [0.1, 0.15) is 6.34 Å². The number of morpholine rings is 1. The number of aromatic nitrogens is 2. The fourth-order valence-electron chi connectivity index (χ4n) is 4.03. The summed E-state index contributed by atoms with van der Waals surface area (Å²) < 4.78 is 5.44. The van der Waals surface area contributed by atoms with Crippen LogP contribution in [0.25, 0.3) is 0 Å². The molecule has 2 saturated heterocycles. The first-order valence-corrected chi connectivity index (χ1v) is 10.7. The summed E-state index contributed by atoms with van der Waals surface area (Å²) in [4.78, 5) is 20.6. The standard InChI is InChI=1S/C21H29N9O/c1-27-8-10-29(11-9-27)20-23-7-6-19(25-20)30-16-24-21(22,26-30)17-2-4-18(5-3-17)28-12-14-31-15-13-28/h2-7,16,26H,8-15,22H2,1H3. The number of hydrogen-bond donors (Lipinski definition) is 2. The Kier molecular flexibility index (Phi) is 5.45. The van der Waals surface area contributed by atoms with E-state index in [0.717, 1.165) is 64.0 Å². The molecule has 3 aliphatic rings. The predicted molar refractivity (Wildman–Crippen MR) is 121 cm³/mol. The Morgan fingerprint density at radius 3 is 2.45 bits per heavy atom. The van der Waals surface area contributed by atoms with E-state index in [0.29, 0.717) is 5.82 Å². The van der Waals surface area contributed by atoms with E-state index >= 15 is 0 Å². The highest BCUT2D eigenvalue weighted by Gasteiger charge is 2.34. The minimum atomic E-state index is -1.04. The van der Waals surface area contributed by atoms with Gasteiger partial charge in [0.05, 0.1) is 13.2 Å². The predicted octanol–water partition coefficient (Wildman–Crippen LogP) is 0.187. The first kappa shape index (κ1) is 20.1. The van der Waals surface area contributed by atoms with Crippen molar-refractivity contribution < 1.29 is 4.74 Å². The van der Waals surface area contributed by atoms with E-state index in [-0.39, 0.29) is 0 Å². The summed E-state index contributed by atoms with van der Waals surface area (Å²) in [6, 6.07) is 10.1. The van der Waals surface area contributed by atoms with Crippen LogP contribution in [-0.2, 0) is 10.5 Å². The van der Waals surface area contributed by atoms with Gasteiger partial charge in [-0.25, -0.2) is 15.0 Å². The van der Waals surface area contributed by atoms with Crippen LogP contribution in [-0.4, -0.2) is 80.7 Å². The van der Waals surface area contributed by atoms with Gasteiger partial charge in [-0.05, 0) is 19.2 Å². The van der Waals surface area contributed by atoms with Gasteiger partial charge in [0, 0.05) is 62.8 Å². The molecule has 164 valence electrons. The molecular weight excluding hydrogens is 394 g/mol. The van der Waals surface area contributed by atoms with E-state index < -0.39 is 5.79 Å². The fourth-order valence-corrected chi connectivity index (χ4v) is 4.03. The Hall–Kier alpha value is -2.79. The molecule has 1 aromatic carbocycles. The van der Waals surface area contributed by atoms with Crippen molar-refractivity contribution in [2.24, 2.45) is 10.7 Å². The molecule has 3 N–H and O–H groups in total. The van der Waals surface area contributed by atoms with Gasteiger partial charge in [-0.15, -0.1) is 0 Å². The number of nitrogens with one attached hydrogen (secondary N) is 1. The van der Waals surface area contributed by atoms with Crippen LogP contribution in [0.5, 0.6) is 0 Å². The van der Waals surface area contributed by atoms with Crippen molar-refractivity contribution in [3.05, 3.63) is 42.1 Å². The van der Waals surface area contributed by atoms with Crippen LogP contribution in [0.15, 0.2) is 41.5 Å². The Morgan fingerprint density at radius 1 is 0.968 bits per heavy atom. The van der Waals surface area contributed by atoms with Crippen molar-refractivity contribution in [1.29, 1.82) is 0 Å². The summed E-state index contributed by atoms with van der Waals surface area (Å²) >= 11 is 0. The van der Waals surface area contributed by atoms with E-state index in [4.69, 9.17) is 15.5 Å². The summed E-state index contributed by atoms with van der Waals surface area (Å²) in [5, 5.41) is 1.76. The van der Waals surface area contributed by atoms with Gasteiger partial charge in [-0.1, -0.05) is 12.1 Å². The van der Waals surface area contributed by atoms with Gasteiger partial charge >= 0.3 is 0 Å². The number of aliphatic imine (C=N–C) groups is 1. The molecule has 5 rings (SSSR count). The van der Waals surface area contributed by atoms with Crippen LogP contribution in [0.3, 0.4) is 0 Å². The molecule has 2 fully saturated rings. The minimum absolute atomic E-state index is 0.713. The number of piperazine rings is 1. The molecule has 3 aliphatic heterocycles. The molecule has 2 aromatic rings. The fraction of sp³-hybridized carbons (Fsp3) is 0.476. The average molecular weight is 424 g/mol. The molecule has 10 heteroatoms. The van der Waals surface area contributed by atoms with Gasteiger partial charge in [-0.2, -0.15) is 10.4 Å². The van der Waals surface area contributed by atoms with Gasteiger partial charge in [0.2, 0.25) is 11.7 Å². The normalized spacial score (nSPS) is 24.8. The van der Waals surface area contributed by atoms with E-state index in [1.807, 2.05) is 18.2 Å². The van der Waals surface area contributed by atoms with E-state index in [9.17, 15) is 0 Å². The smallest absolute Gasteiger partial charge is 0.227 e. The lowest BCUT2D eigenvalue weighted by molar-refractivity contribution is 0.122. The zero-order chi connectivity index (χ0) is 21.3. The largest absolute Gasteiger partial charge is 0.378 e. The van der Waals surface area contributed by atoms with Crippen LogP contribution >= 0.6 is 0 Å². The Labute approximate surface area is 182 Å². The zero-order valence-corrected chi connectivity index (χ0v) is 17.8. The molecule has 4 heterocycles. The molecule has 0 aliphatic carbocycles. The number of anilines is 3. The second-order valence-corrected chi connectivity index (χ2v) is 8.14. The Balaban J connectivity index is 1.28. The van der Waals surface area contributed by atoms with Crippen LogP contribution in [0.2, 0.25) is 0 Å². The number of nitrogens with two attached hydrogens (primary N) is 1. The van der Waals surface area contributed by atoms with Crippen molar-refractivity contribution in [1.82, 2.24) is 20.3 Å². The molecule has 0 spiro atoms. The monoisotopic (exact) mass is 423 g/mol. The second kappa shape index (κ2) is 8.39. The van der Waals surface area contributed by atoms with E-state index in [1.54, 1.807) is 17.5 Å². The molecule has 1 aromatic heterocycles. The van der Waals surface area contributed by atoms with Crippen molar-refractivity contribution in [3.8, 4) is 0 Å². The Morgan fingerprint density at radius 2 is 1.71 bits per heavy atom. The highest BCUT2D eigenvalue weighted by molar-refractivity contribution is 5.79. The summed E-state index contributed by atoms with van der Waals surface area (Å²) in [5.41, 5.74) is 11.9. The van der Waals surface area contributed by atoms with E-state index in [2.05, 4.69) is 49.3 Å². The highest BCUT2D eigenvalue weighted by Crippen LogP contribution is 2.26. The zero-order valence-electron chi connectivity index (χ0n) is 17.8. The maximum Gasteiger partial charge on any atom is 0.227 e. The summed E-state index contributed by atoms with van der Waals surface area (Å²) in [6.45, 7) is 7.17. The average Bonchev–Trinajstić information content (AvgIpc) is 3.24. The summed E-state index contributed by atoms with van der Waals surface area (Å²) in [6.07, 6.45) is 3.46. The van der Waals surface area contributed by atoms with Crippen molar-refractivity contribution in [3.63, 3.8) is 0 Å². The second-order valence-electron chi connectivity index (χ2n) is 8.14. The molecule has 0 amide bonds. The third kappa shape index (κ3) is 4.19. The third-order valence-electron chi connectivity index (χ3n) is 6.01. The SMILES string of the molecule is CN1CCN(c2nccc(N3C=NC(N)(c4ccc(N5CCOCC5)cc4)N3)n2)CC1. The number of ether oxygens (including phenoxy) is 1. The summed E-state index contributed by atoms with van der Waals surface area (Å²) in [7, 11) is 2.13. The number of hydrogen-bond acceptors (Lipinski definition) is 10. The summed E-state index contributed by atoms with van der Waals surface area (Å²) in [5.74, 6) is 0.401. The first-order valence-electron chi connectivity index (χ1n) is 10.7. The number of rotatable bonds is 4. The van der Waals surface area contributed by atoms with Gasteiger partial charge < -0.3 is 19.4 Å². The molecule has 10 nitrogen and oxygen atoms in total. The quantitative estimate of drug-likeness (QED) is 0.714. The lowest BCUT2D eigenvalue weighted by atomic mass is 10.1. The van der Waals surface area contributed by atoms with Gasteiger partial charge in [-0.3, -0.25) is 5.73 Å². The lowest BCUT2D eigenvalue weighted by Crippen LogP contribution is -2.51. The van der Waals surface area contributed by atoms with Crippen molar-refractivity contribution in [2.45, 2.75) is 5.79 Å². The van der Waals surface area contributed by atoms with Crippen molar-refractivity contribution >= 4 is 23.8 Å². The molecule has 1 unspecified atom stereocenters. The van der Waals surface area contributed by atoms with Crippen molar-refractivity contribution in [2.75, 3.05) is 74.3 Å². The number of benzene rings is 1. The van der Waals surface area contributed by atoms with Crippen LogP contribution in [0.1, 0.15) is 5.56 Å². The van der Waals surface area contributed by atoms with Crippen LogP contribution < -0.4 is 26.0 Å². The van der Waals surface area contributed by atoms with Crippen LogP contribution in [0, 0.1) is 0 Å².